The monoisotopic (exact) mass is 297 g/mol. The van der Waals surface area contributed by atoms with Gasteiger partial charge in [-0.2, -0.15) is 0 Å². The van der Waals surface area contributed by atoms with E-state index in [1.807, 2.05) is 0 Å². The van der Waals surface area contributed by atoms with Crippen molar-refractivity contribution in [2.75, 3.05) is 0 Å². The molecule has 1 aliphatic carbocycles. The normalized spacial score (nSPS) is 20.1. The summed E-state index contributed by atoms with van der Waals surface area (Å²) >= 11 is 0. The Hall–Kier alpha value is -1.90. The zero-order valence-electron chi connectivity index (χ0n) is 13.4. The predicted octanol–water partition coefficient (Wildman–Crippen LogP) is 3.50. The number of amides is 2. The lowest BCUT2D eigenvalue weighted by Crippen LogP contribution is -2.33. The number of carbonyl (C=O) groups is 2. The van der Waals surface area contributed by atoms with Gasteiger partial charge in [-0.3, -0.25) is 14.5 Å². The molecule has 1 atom stereocenters. The molecule has 116 valence electrons. The molecule has 1 aromatic rings. The van der Waals surface area contributed by atoms with E-state index in [0.717, 1.165) is 38.5 Å². The van der Waals surface area contributed by atoms with E-state index in [1.165, 1.54) is 39.3 Å². The molecule has 2 amide bonds. The first-order valence-electron chi connectivity index (χ1n) is 8.36. The lowest BCUT2D eigenvalue weighted by atomic mass is 9.92. The quantitative estimate of drug-likeness (QED) is 0.780. The van der Waals surface area contributed by atoms with Gasteiger partial charge in [-0.15, -0.1) is 0 Å². The van der Waals surface area contributed by atoms with Gasteiger partial charge >= 0.3 is 0 Å². The highest BCUT2D eigenvalue weighted by Gasteiger charge is 2.38. The summed E-state index contributed by atoms with van der Waals surface area (Å²) in [7, 11) is 0. The third-order valence-electron chi connectivity index (χ3n) is 4.74. The van der Waals surface area contributed by atoms with E-state index in [-0.39, 0.29) is 17.9 Å². The minimum absolute atomic E-state index is 0.0663. The van der Waals surface area contributed by atoms with Crippen molar-refractivity contribution < 1.29 is 9.59 Å². The van der Waals surface area contributed by atoms with Crippen molar-refractivity contribution in [2.24, 2.45) is 0 Å². The van der Waals surface area contributed by atoms with Gasteiger partial charge in [0.15, 0.2) is 0 Å². The Morgan fingerprint density at radius 3 is 2.23 bits per heavy atom. The Labute approximate surface area is 132 Å². The highest BCUT2D eigenvalue weighted by molar-refractivity contribution is 6.13. The minimum atomic E-state index is -0.161. The highest BCUT2D eigenvalue weighted by Crippen LogP contribution is 2.41. The van der Waals surface area contributed by atoms with Crippen LogP contribution in [0, 0.1) is 0 Å². The second kappa shape index (κ2) is 6.07. The molecule has 1 heterocycles. The number of carbonyl (C=O) groups excluding carboxylic acids is 2. The van der Waals surface area contributed by atoms with Crippen molar-refractivity contribution in [2.45, 2.75) is 58.4 Å². The van der Waals surface area contributed by atoms with E-state index in [1.54, 1.807) is 0 Å². The average molecular weight is 297 g/mol. The van der Waals surface area contributed by atoms with Crippen LogP contribution in [0.1, 0.15) is 61.4 Å². The number of nitrogens with zero attached hydrogens (tertiary/aromatic N) is 1. The topological polar surface area (TPSA) is 37.4 Å². The van der Waals surface area contributed by atoms with Crippen LogP contribution in [-0.4, -0.2) is 16.7 Å². The summed E-state index contributed by atoms with van der Waals surface area (Å²) in [6, 6.07) is 4.40. The lowest BCUT2D eigenvalue weighted by Gasteiger charge is -2.25. The number of imide groups is 1. The molecule has 0 saturated carbocycles. The van der Waals surface area contributed by atoms with Crippen LogP contribution in [0.15, 0.2) is 24.3 Å². The molecule has 0 bridgehead atoms. The third-order valence-corrected chi connectivity index (χ3v) is 4.74. The standard InChI is InChI=1S/C19H23NO2/c1-3-5-13-7-8-14(6-4-2)19-15(13)9-10-16(19)20-17(21)11-12-18(20)22/h7-8,11-12,16H,3-6,9-10H2,1-2H3/t16-/m0/s1. The van der Waals surface area contributed by atoms with Crippen LogP contribution in [0.5, 0.6) is 0 Å². The maximum atomic E-state index is 12.1. The van der Waals surface area contributed by atoms with E-state index >= 15 is 0 Å². The summed E-state index contributed by atoms with van der Waals surface area (Å²) < 4.78 is 0. The Morgan fingerprint density at radius 1 is 1.00 bits per heavy atom. The van der Waals surface area contributed by atoms with Crippen LogP contribution in [0.3, 0.4) is 0 Å². The molecule has 22 heavy (non-hydrogen) atoms. The molecule has 0 spiro atoms. The van der Waals surface area contributed by atoms with Gasteiger partial charge in [-0.1, -0.05) is 38.8 Å². The Bertz CT molecular complexity index is 627. The van der Waals surface area contributed by atoms with Crippen LogP contribution < -0.4 is 0 Å². The number of aryl methyl sites for hydroxylation is 2. The molecule has 3 rings (SSSR count). The number of hydrogen-bond donors (Lipinski definition) is 0. The van der Waals surface area contributed by atoms with E-state index in [4.69, 9.17) is 0 Å². The fourth-order valence-electron chi connectivity index (χ4n) is 3.86. The number of rotatable bonds is 5. The minimum Gasteiger partial charge on any atom is -0.269 e. The molecule has 2 aliphatic rings. The van der Waals surface area contributed by atoms with Gasteiger partial charge in [0.05, 0.1) is 6.04 Å². The summed E-state index contributed by atoms with van der Waals surface area (Å²) in [6.45, 7) is 4.36. The molecule has 0 saturated heterocycles. The molecule has 0 radical (unpaired) electrons. The first-order valence-corrected chi connectivity index (χ1v) is 8.36. The van der Waals surface area contributed by atoms with E-state index in [2.05, 4.69) is 26.0 Å². The molecule has 1 aliphatic heterocycles. The predicted molar refractivity (Wildman–Crippen MR) is 86.5 cm³/mol. The molecular formula is C19H23NO2. The average Bonchev–Trinajstić information content (AvgIpc) is 3.06. The zero-order chi connectivity index (χ0) is 15.7. The summed E-state index contributed by atoms with van der Waals surface area (Å²) in [4.78, 5) is 25.6. The van der Waals surface area contributed by atoms with Crippen molar-refractivity contribution in [3.05, 3.63) is 46.5 Å². The number of benzene rings is 1. The van der Waals surface area contributed by atoms with Crippen molar-refractivity contribution >= 4 is 11.8 Å². The largest absolute Gasteiger partial charge is 0.269 e. The fraction of sp³-hybridized carbons (Fsp3) is 0.474. The van der Waals surface area contributed by atoms with E-state index in [9.17, 15) is 9.59 Å². The van der Waals surface area contributed by atoms with Gasteiger partial charge < -0.3 is 0 Å². The van der Waals surface area contributed by atoms with E-state index < -0.39 is 0 Å². The summed E-state index contributed by atoms with van der Waals surface area (Å²) in [5.74, 6) is -0.322. The summed E-state index contributed by atoms with van der Waals surface area (Å²) in [6.07, 6.45) is 8.91. The van der Waals surface area contributed by atoms with E-state index in [0.29, 0.717) is 0 Å². The first kappa shape index (κ1) is 15.0. The zero-order valence-corrected chi connectivity index (χ0v) is 13.4. The maximum Gasteiger partial charge on any atom is 0.254 e. The number of hydrogen-bond acceptors (Lipinski definition) is 2. The Balaban J connectivity index is 2.05. The smallest absolute Gasteiger partial charge is 0.254 e. The second-order valence-electron chi connectivity index (χ2n) is 6.21. The molecule has 1 aromatic carbocycles. The number of fused-ring (bicyclic) bond motifs is 1. The van der Waals surface area contributed by atoms with Crippen LogP contribution in [-0.2, 0) is 28.9 Å². The Morgan fingerprint density at radius 2 is 1.59 bits per heavy atom. The van der Waals surface area contributed by atoms with Gasteiger partial charge in [0.25, 0.3) is 11.8 Å². The van der Waals surface area contributed by atoms with Crippen molar-refractivity contribution in [3.63, 3.8) is 0 Å². The molecule has 0 aromatic heterocycles. The van der Waals surface area contributed by atoms with Crippen LogP contribution in [0.25, 0.3) is 0 Å². The maximum absolute atomic E-state index is 12.1. The van der Waals surface area contributed by atoms with Crippen LogP contribution >= 0.6 is 0 Å². The van der Waals surface area contributed by atoms with Crippen LogP contribution in [0.4, 0.5) is 0 Å². The lowest BCUT2D eigenvalue weighted by molar-refractivity contribution is -0.139. The van der Waals surface area contributed by atoms with Gasteiger partial charge in [0.1, 0.15) is 0 Å². The molecule has 3 heteroatoms. The van der Waals surface area contributed by atoms with Gasteiger partial charge in [-0.25, -0.2) is 0 Å². The second-order valence-corrected chi connectivity index (χ2v) is 6.21. The van der Waals surface area contributed by atoms with Crippen molar-refractivity contribution in [3.8, 4) is 0 Å². The molecule has 0 unspecified atom stereocenters. The van der Waals surface area contributed by atoms with Crippen molar-refractivity contribution in [1.29, 1.82) is 0 Å². The molecule has 0 N–H and O–H groups in total. The summed E-state index contributed by atoms with van der Waals surface area (Å²) in [5.41, 5.74) is 5.36. The van der Waals surface area contributed by atoms with Gasteiger partial charge in [-0.05, 0) is 47.9 Å². The Kier molecular flexibility index (Phi) is 4.14. The SMILES string of the molecule is CCCc1ccc(CCC)c2c1CC[C@@H]2N1C(=O)C=CC1=O. The first-order chi connectivity index (χ1) is 10.7. The molecular weight excluding hydrogens is 274 g/mol. The fourth-order valence-corrected chi connectivity index (χ4v) is 3.86. The van der Waals surface area contributed by atoms with Crippen molar-refractivity contribution in [1.82, 2.24) is 4.90 Å². The van der Waals surface area contributed by atoms with Gasteiger partial charge in [0, 0.05) is 12.2 Å². The summed E-state index contributed by atoms with van der Waals surface area (Å²) in [5, 5.41) is 0. The van der Waals surface area contributed by atoms with Gasteiger partial charge in [0.2, 0.25) is 0 Å². The third kappa shape index (κ3) is 2.39. The molecule has 0 fully saturated rings. The molecule has 3 nitrogen and oxygen atoms in total. The highest BCUT2D eigenvalue weighted by atomic mass is 16.2. The van der Waals surface area contributed by atoms with Crippen LogP contribution in [0.2, 0.25) is 0 Å².